The number of hydrogen-bond donors (Lipinski definition) is 1. The highest BCUT2D eigenvalue weighted by Crippen LogP contribution is 2.36. The van der Waals surface area contributed by atoms with Gasteiger partial charge in [0.05, 0.1) is 18.0 Å². The summed E-state index contributed by atoms with van der Waals surface area (Å²) in [7, 11) is -3.71. The molecule has 0 bridgehead atoms. The molecule has 0 fully saturated rings. The van der Waals surface area contributed by atoms with Crippen molar-refractivity contribution in [1.29, 1.82) is 0 Å². The number of fused-ring (bicyclic) bond motifs is 2. The van der Waals surface area contributed by atoms with Crippen molar-refractivity contribution in [1.82, 2.24) is 5.32 Å². The molecule has 1 aliphatic heterocycles. The number of rotatable bonds is 5. The van der Waals surface area contributed by atoms with Gasteiger partial charge in [-0.05, 0) is 49.4 Å². The molecule has 1 aliphatic carbocycles. The number of nitrogens with zero attached hydrogens (tertiary/aromatic N) is 1. The Hall–Kier alpha value is -2.74. The maximum Gasteiger partial charge on any atom is 0.244 e. The molecule has 2 aliphatic rings. The van der Waals surface area contributed by atoms with Crippen LogP contribution in [0.1, 0.15) is 36.9 Å². The van der Waals surface area contributed by atoms with Crippen molar-refractivity contribution in [3.05, 3.63) is 53.6 Å². The molecular formula is C22H26N2O5S. The summed E-state index contributed by atoms with van der Waals surface area (Å²) in [5.74, 6) is 0.701. The Bertz CT molecular complexity index is 1050. The quantitative estimate of drug-likeness (QED) is 0.789. The maximum absolute atomic E-state index is 13.1. The van der Waals surface area contributed by atoms with Gasteiger partial charge in [0.1, 0.15) is 19.3 Å². The van der Waals surface area contributed by atoms with E-state index in [9.17, 15) is 13.2 Å². The predicted octanol–water partition coefficient (Wildman–Crippen LogP) is 2.81. The van der Waals surface area contributed by atoms with Gasteiger partial charge < -0.3 is 14.8 Å². The SMILES string of the molecule is C[C@@H](C(=O)N[C@H]1CCCc2ccccc21)N(c1ccc2c(c1)OCCO2)S(C)(=O)=O. The third-order valence-electron chi connectivity index (χ3n) is 5.55. The highest BCUT2D eigenvalue weighted by Gasteiger charge is 2.32. The van der Waals surface area contributed by atoms with Gasteiger partial charge in [-0.25, -0.2) is 8.42 Å². The summed E-state index contributed by atoms with van der Waals surface area (Å²) in [6, 6.07) is 11.9. The van der Waals surface area contributed by atoms with Gasteiger partial charge in [0, 0.05) is 6.07 Å². The Morgan fingerprint density at radius 3 is 2.63 bits per heavy atom. The summed E-state index contributed by atoms with van der Waals surface area (Å²) in [5, 5.41) is 3.06. The van der Waals surface area contributed by atoms with E-state index in [4.69, 9.17) is 9.47 Å². The highest BCUT2D eigenvalue weighted by molar-refractivity contribution is 7.92. The number of carbonyl (C=O) groups excluding carboxylic acids is 1. The maximum atomic E-state index is 13.1. The Balaban J connectivity index is 1.59. The molecule has 2 atom stereocenters. The summed E-state index contributed by atoms with van der Waals surface area (Å²) in [5.41, 5.74) is 2.71. The number of amides is 1. The second kappa shape index (κ2) is 8.18. The number of aryl methyl sites for hydroxylation is 1. The number of anilines is 1. The first-order chi connectivity index (χ1) is 14.3. The van der Waals surface area contributed by atoms with Gasteiger partial charge >= 0.3 is 0 Å². The Kier molecular flexibility index (Phi) is 5.60. The first kappa shape index (κ1) is 20.5. The molecule has 160 valence electrons. The van der Waals surface area contributed by atoms with Crippen molar-refractivity contribution in [2.75, 3.05) is 23.8 Å². The van der Waals surface area contributed by atoms with E-state index in [0.717, 1.165) is 35.4 Å². The average molecular weight is 431 g/mol. The van der Waals surface area contributed by atoms with Crippen molar-refractivity contribution in [2.24, 2.45) is 0 Å². The number of carbonyl (C=O) groups is 1. The van der Waals surface area contributed by atoms with Crippen molar-refractivity contribution in [2.45, 2.75) is 38.3 Å². The molecule has 4 rings (SSSR count). The molecule has 0 spiro atoms. The number of nitrogens with one attached hydrogen (secondary N) is 1. The second-order valence-corrected chi connectivity index (χ2v) is 9.57. The molecule has 0 aromatic heterocycles. The molecule has 1 N–H and O–H groups in total. The smallest absolute Gasteiger partial charge is 0.244 e. The number of hydrogen-bond acceptors (Lipinski definition) is 5. The summed E-state index contributed by atoms with van der Waals surface area (Å²) in [6.45, 7) is 2.44. The molecule has 30 heavy (non-hydrogen) atoms. The van der Waals surface area contributed by atoms with Crippen molar-refractivity contribution in [3.63, 3.8) is 0 Å². The molecule has 1 heterocycles. The van der Waals surface area contributed by atoms with Crippen LogP contribution in [0.15, 0.2) is 42.5 Å². The van der Waals surface area contributed by atoms with Gasteiger partial charge in [-0.15, -0.1) is 0 Å². The minimum atomic E-state index is -3.71. The lowest BCUT2D eigenvalue weighted by Crippen LogP contribution is -2.49. The number of benzene rings is 2. The normalized spacial score (nSPS) is 18.8. The van der Waals surface area contributed by atoms with E-state index in [1.807, 2.05) is 18.2 Å². The van der Waals surface area contributed by atoms with E-state index in [0.29, 0.717) is 30.4 Å². The van der Waals surface area contributed by atoms with Crippen LogP contribution in [-0.4, -0.2) is 39.8 Å². The van der Waals surface area contributed by atoms with Crippen LogP contribution in [0.4, 0.5) is 5.69 Å². The van der Waals surface area contributed by atoms with Gasteiger partial charge in [0.15, 0.2) is 11.5 Å². The first-order valence-corrected chi connectivity index (χ1v) is 12.0. The minimum absolute atomic E-state index is 0.119. The zero-order valence-corrected chi connectivity index (χ0v) is 17.9. The van der Waals surface area contributed by atoms with Gasteiger partial charge in [-0.2, -0.15) is 0 Å². The van der Waals surface area contributed by atoms with Crippen LogP contribution in [-0.2, 0) is 21.2 Å². The molecule has 0 radical (unpaired) electrons. The van der Waals surface area contributed by atoms with E-state index in [1.165, 1.54) is 5.56 Å². The van der Waals surface area contributed by atoms with E-state index in [1.54, 1.807) is 25.1 Å². The van der Waals surface area contributed by atoms with Crippen molar-refractivity contribution in [3.8, 4) is 11.5 Å². The molecule has 7 nitrogen and oxygen atoms in total. The van der Waals surface area contributed by atoms with E-state index < -0.39 is 16.1 Å². The van der Waals surface area contributed by atoms with E-state index >= 15 is 0 Å². The lowest BCUT2D eigenvalue weighted by atomic mass is 9.87. The fourth-order valence-corrected chi connectivity index (χ4v) is 5.34. The Labute approximate surface area is 177 Å². The van der Waals surface area contributed by atoms with Crippen LogP contribution in [0.3, 0.4) is 0 Å². The predicted molar refractivity (Wildman–Crippen MR) is 114 cm³/mol. The molecule has 2 aromatic carbocycles. The van der Waals surface area contributed by atoms with Crippen molar-refractivity contribution >= 4 is 21.6 Å². The van der Waals surface area contributed by atoms with Crippen LogP contribution < -0.4 is 19.1 Å². The van der Waals surface area contributed by atoms with E-state index in [-0.39, 0.29) is 11.9 Å². The molecule has 8 heteroatoms. The first-order valence-electron chi connectivity index (χ1n) is 10.1. The molecule has 1 amide bonds. The lowest BCUT2D eigenvalue weighted by Gasteiger charge is -2.32. The molecule has 0 saturated carbocycles. The molecular weight excluding hydrogens is 404 g/mol. The zero-order valence-electron chi connectivity index (χ0n) is 17.1. The molecule has 2 aromatic rings. The fourth-order valence-electron chi connectivity index (χ4n) is 4.17. The number of ether oxygens (including phenoxy) is 2. The van der Waals surface area contributed by atoms with E-state index in [2.05, 4.69) is 11.4 Å². The van der Waals surface area contributed by atoms with Crippen LogP contribution >= 0.6 is 0 Å². The summed E-state index contributed by atoms with van der Waals surface area (Å²) < 4.78 is 37.4. The number of sulfonamides is 1. The molecule has 0 unspecified atom stereocenters. The average Bonchev–Trinajstić information content (AvgIpc) is 2.73. The van der Waals surface area contributed by atoms with Crippen LogP contribution in [0.2, 0.25) is 0 Å². The van der Waals surface area contributed by atoms with Crippen LogP contribution in [0.25, 0.3) is 0 Å². The monoisotopic (exact) mass is 430 g/mol. The Morgan fingerprint density at radius 1 is 1.13 bits per heavy atom. The van der Waals surface area contributed by atoms with Crippen molar-refractivity contribution < 1.29 is 22.7 Å². The lowest BCUT2D eigenvalue weighted by molar-refractivity contribution is -0.122. The zero-order chi connectivity index (χ0) is 21.3. The van der Waals surface area contributed by atoms with Crippen LogP contribution in [0, 0.1) is 0 Å². The molecule has 0 saturated heterocycles. The third-order valence-corrected chi connectivity index (χ3v) is 6.80. The summed E-state index contributed by atoms with van der Waals surface area (Å²) >= 11 is 0. The summed E-state index contributed by atoms with van der Waals surface area (Å²) in [4.78, 5) is 13.1. The van der Waals surface area contributed by atoms with Crippen LogP contribution in [0.5, 0.6) is 11.5 Å². The topological polar surface area (TPSA) is 84.9 Å². The second-order valence-electron chi connectivity index (χ2n) is 7.71. The van der Waals surface area contributed by atoms with Gasteiger partial charge in [-0.3, -0.25) is 9.10 Å². The minimum Gasteiger partial charge on any atom is -0.486 e. The van der Waals surface area contributed by atoms with Gasteiger partial charge in [0.25, 0.3) is 0 Å². The van der Waals surface area contributed by atoms with Gasteiger partial charge in [-0.1, -0.05) is 24.3 Å². The fraction of sp³-hybridized carbons (Fsp3) is 0.409. The standard InChI is InChI=1S/C22H26N2O5S/c1-15(22(25)23-19-9-5-7-16-6-3-4-8-18(16)19)24(30(2,26)27)17-10-11-20-21(14-17)29-13-12-28-20/h3-4,6,8,10-11,14-15,19H,5,7,9,12-13H2,1-2H3,(H,23,25)/t15-,19-/m0/s1. The summed E-state index contributed by atoms with van der Waals surface area (Å²) in [6.07, 6.45) is 3.90. The highest BCUT2D eigenvalue weighted by atomic mass is 32.2. The largest absolute Gasteiger partial charge is 0.486 e. The van der Waals surface area contributed by atoms with Gasteiger partial charge in [0.2, 0.25) is 15.9 Å². The Morgan fingerprint density at radius 2 is 1.87 bits per heavy atom. The third kappa shape index (κ3) is 4.09.